The van der Waals surface area contributed by atoms with Crippen LogP contribution in [0.25, 0.3) is 0 Å². The van der Waals surface area contributed by atoms with Gasteiger partial charge < -0.3 is 5.73 Å². The monoisotopic (exact) mass is 356 g/mol. The van der Waals surface area contributed by atoms with E-state index in [1.165, 1.54) is 43.3 Å². The van der Waals surface area contributed by atoms with Crippen molar-refractivity contribution >= 4 is 28.9 Å². The molecule has 1 atom stereocenters. The van der Waals surface area contributed by atoms with Crippen LogP contribution in [0.5, 0.6) is 0 Å². The summed E-state index contributed by atoms with van der Waals surface area (Å²) < 4.78 is 0. The van der Waals surface area contributed by atoms with Gasteiger partial charge in [0.15, 0.2) is 5.84 Å². The Morgan fingerprint density at radius 1 is 1.57 bits per heavy atom. The topological polar surface area (TPSA) is 84.8 Å². The zero-order chi connectivity index (χ0) is 16.7. The molecule has 8 heteroatoms. The maximum Gasteiger partial charge on any atom is 0.266 e. The maximum absolute atomic E-state index is 10.6. The maximum atomic E-state index is 10.6. The molecule has 6 nitrogen and oxygen atoms in total. The molecule has 2 rings (SSSR count). The molecule has 128 valence electrons. The molecular weight excluding hydrogens is 332 g/mol. The summed E-state index contributed by atoms with van der Waals surface area (Å²) >= 11 is 3.62. The van der Waals surface area contributed by atoms with Crippen LogP contribution in [0.3, 0.4) is 0 Å². The number of hydrogen-bond donors (Lipinski definition) is 1. The smallest absolute Gasteiger partial charge is 0.266 e. The molecule has 1 saturated heterocycles. The van der Waals surface area contributed by atoms with Crippen molar-refractivity contribution < 1.29 is 4.92 Å². The van der Waals surface area contributed by atoms with Crippen molar-refractivity contribution in [1.82, 2.24) is 4.90 Å². The Bertz CT molecular complexity index is 541. The predicted octanol–water partition coefficient (Wildman–Crippen LogP) is 2.60. The molecule has 23 heavy (non-hydrogen) atoms. The molecule has 0 bridgehead atoms. The molecule has 1 aliphatic heterocycles. The lowest BCUT2D eigenvalue weighted by atomic mass is 10.3. The van der Waals surface area contributed by atoms with Gasteiger partial charge in [-0.2, -0.15) is 11.8 Å². The number of aliphatic imine (C=N–C) groups is 1. The SMILES string of the molecule is CC(C(N)=NCCSCc1csc(CN2CCCC2)c1)[N+](=O)[O-]. The van der Waals surface area contributed by atoms with Crippen LogP contribution in [0.4, 0.5) is 0 Å². The fourth-order valence-electron chi connectivity index (χ4n) is 2.42. The van der Waals surface area contributed by atoms with Gasteiger partial charge >= 0.3 is 0 Å². The Kier molecular flexibility index (Phi) is 7.32. The summed E-state index contributed by atoms with van der Waals surface area (Å²) in [6, 6.07) is 1.40. The third-order valence-corrected chi connectivity index (χ3v) is 5.81. The lowest BCUT2D eigenvalue weighted by Gasteiger charge is -2.12. The number of rotatable bonds is 9. The average molecular weight is 357 g/mol. The van der Waals surface area contributed by atoms with E-state index < -0.39 is 11.0 Å². The fraction of sp³-hybridized carbons (Fsp3) is 0.667. The van der Waals surface area contributed by atoms with Crippen molar-refractivity contribution in [2.45, 2.75) is 38.1 Å². The van der Waals surface area contributed by atoms with E-state index in [1.54, 1.807) is 11.8 Å². The minimum absolute atomic E-state index is 0.110. The molecule has 1 fully saturated rings. The van der Waals surface area contributed by atoms with Gasteiger partial charge in [-0.25, -0.2) is 0 Å². The predicted molar refractivity (Wildman–Crippen MR) is 97.9 cm³/mol. The van der Waals surface area contributed by atoms with Gasteiger partial charge in [-0.05, 0) is 42.9 Å². The molecule has 2 heterocycles. The van der Waals surface area contributed by atoms with Crippen LogP contribution in [-0.4, -0.2) is 47.1 Å². The van der Waals surface area contributed by atoms with Crippen molar-refractivity contribution in [3.8, 4) is 0 Å². The van der Waals surface area contributed by atoms with Gasteiger partial charge in [0.1, 0.15) is 0 Å². The van der Waals surface area contributed by atoms with Crippen LogP contribution in [0, 0.1) is 10.1 Å². The van der Waals surface area contributed by atoms with E-state index in [1.807, 2.05) is 11.3 Å². The minimum atomic E-state index is -0.898. The van der Waals surface area contributed by atoms with Crippen LogP contribution in [0.1, 0.15) is 30.2 Å². The summed E-state index contributed by atoms with van der Waals surface area (Å²) in [5.41, 5.74) is 6.94. The Morgan fingerprint density at radius 3 is 3.00 bits per heavy atom. The van der Waals surface area contributed by atoms with E-state index in [-0.39, 0.29) is 5.84 Å². The molecule has 0 aliphatic carbocycles. The Hall–Kier alpha value is -1.12. The first-order valence-electron chi connectivity index (χ1n) is 7.86. The number of thiophene rings is 1. The van der Waals surface area contributed by atoms with Crippen molar-refractivity contribution in [2.75, 3.05) is 25.4 Å². The van der Waals surface area contributed by atoms with Crippen LogP contribution in [0.15, 0.2) is 16.4 Å². The normalized spacial score (nSPS) is 17.5. The van der Waals surface area contributed by atoms with Gasteiger partial charge in [0.05, 0.1) is 6.54 Å². The first-order valence-corrected chi connectivity index (χ1v) is 9.89. The number of nitro groups is 1. The van der Waals surface area contributed by atoms with E-state index in [0.717, 1.165) is 18.1 Å². The van der Waals surface area contributed by atoms with Crippen LogP contribution in [-0.2, 0) is 12.3 Å². The van der Waals surface area contributed by atoms with Gasteiger partial charge in [0.25, 0.3) is 6.04 Å². The minimum Gasteiger partial charge on any atom is -0.382 e. The highest BCUT2D eigenvalue weighted by molar-refractivity contribution is 7.98. The summed E-state index contributed by atoms with van der Waals surface area (Å²) in [6.45, 7) is 5.52. The second-order valence-corrected chi connectivity index (χ2v) is 7.83. The van der Waals surface area contributed by atoms with Gasteiger partial charge in [-0.15, -0.1) is 11.3 Å². The molecule has 2 N–H and O–H groups in total. The Labute approximate surface area is 145 Å². The lowest BCUT2D eigenvalue weighted by Crippen LogP contribution is -2.33. The summed E-state index contributed by atoms with van der Waals surface area (Å²) in [4.78, 5) is 18.2. The number of hydrogen-bond acceptors (Lipinski definition) is 6. The summed E-state index contributed by atoms with van der Waals surface area (Å²) in [5, 5.41) is 12.8. The van der Waals surface area contributed by atoms with E-state index in [2.05, 4.69) is 21.3 Å². The standard InChI is InChI=1S/C15H24N4O2S2/c1-12(19(20)21)15(16)17-4-7-22-10-13-8-14(23-11-13)9-18-5-2-3-6-18/h8,11-12H,2-7,9-10H2,1H3,(H2,16,17). The zero-order valence-electron chi connectivity index (χ0n) is 13.4. The second-order valence-electron chi connectivity index (χ2n) is 5.73. The zero-order valence-corrected chi connectivity index (χ0v) is 15.1. The molecule has 1 aromatic rings. The summed E-state index contributed by atoms with van der Waals surface area (Å²) in [7, 11) is 0. The molecular formula is C15H24N4O2S2. The van der Waals surface area contributed by atoms with Gasteiger partial charge in [0.2, 0.25) is 0 Å². The van der Waals surface area contributed by atoms with E-state index in [4.69, 9.17) is 5.73 Å². The van der Waals surface area contributed by atoms with E-state index in [0.29, 0.717) is 6.54 Å². The number of nitrogens with zero attached hydrogens (tertiary/aromatic N) is 3. The molecule has 1 aliphatic rings. The molecule has 0 spiro atoms. The number of thioether (sulfide) groups is 1. The highest BCUT2D eigenvalue weighted by Gasteiger charge is 2.17. The lowest BCUT2D eigenvalue weighted by molar-refractivity contribution is -0.498. The van der Waals surface area contributed by atoms with Gasteiger partial charge in [-0.1, -0.05) is 0 Å². The average Bonchev–Trinajstić information content (AvgIpc) is 3.18. The van der Waals surface area contributed by atoms with Crippen LogP contribution in [0.2, 0.25) is 0 Å². The second kappa shape index (κ2) is 9.24. The van der Waals surface area contributed by atoms with Crippen molar-refractivity contribution in [3.05, 3.63) is 32.0 Å². The van der Waals surface area contributed by atoms with E-state index >= 15 is 0 Å². The first kappa shape index (κ1) is 18.2. The Balaban J connectivity index is 1.65. The van der Waals surface area contributed by atoms with Gasteiger partial charge in [-0.3, -0.25) is 20.0 Å². The molecule has 1 unspecified atom stereocenters. The molecule has 1 aromatic heterocycles. The van der Waals surface area contributed by atoms with Crippen LogP contribution >= 0.6 is 23.1 Å². The summed E-state index contributed by atoms with van der Waals surface area (Å²) in [5.74, 6) is 1.89. The molecule has 0 saturated carbocycles. The van der Waals surface area contributed by atoms with Crippen molar-refractivity contribution in [3.63, 3.8) is 0 Å². The molecule has 0 amide bonds. The largest absolute Gasteiger partial charge is 0.382 e. The summed E-state index contributed by atoms with van der Waals surface area (Å²) in [6.07, 6.45) is 2.65. The highest BCUT2D eigenvalue weighted by atomic mass is 32.2. The number of likely N-dealkylation sites (tertiary alicyclic amines) is 1. The molecule has 0 radical (unpaired) electrons. The first-order chi connectivity index (χ1) is 11.1. The third-order valence-electron chi connectivity index (χ3n) is 3.83. The van der Waals surface area contributed by atoms with Crippen LogP contribution < -0.4 is 5.73 Å². The van der Waals surface area contributed by atoms with E-state index in [9.17, 15) is 10.1 Å². The van der Waals surface area contributed by atoms with Gasteiger partial charge in [0, 0.05) is 34.8 Å². The highest BCUT2D eigenvalue weighted by Crippen LogP contribution is 2.22. The van der Waals surface area contributed by atoms with Crippen molar-refractivity contribution in [2.24, 2.45) is 10.7 Å². The van der Waals surface area contributed by atoms with Crippen molar-refractivity contribution in [1.29, 1.82) is 0 Å². The third kappa shape index (κ3) is 6.12. The molecule has 0 aromatic carbocycles. The fourth-order valence-corrected chi connectivity index (χ4v) is 4.22. The number of amidine groups is 1. The quantitative estimate of drug-likeness (QED) is 0.242. The number of nitrogens with two attached hydrogens (primary N) is 1. The Morgan fingerprint density at radius 2 is 2.30 bits per heavy atom.